The molecule has 0 saturated carbocycles. The van der Waals surface area contributed by atoms with Crippen LogP contribution in [0.5, 0.6) is 0 Å². The number of carbonyl (C=O) groups is 2. The predicted molar refractivity (Wildman–Crippen MR) is 128 cm³/mol. The van der Waals surface area contributed by atoms with Gasteiger partial charge in [0, 0.05) is 28.9 Å². The van der Waals surface area contributed by atoms with Crippen molar-refractivity contribution in [2.45, 2.75) is 6.42 Å². The summed E-state index contributed by atoms with van der Waals surface area (Å²) in [7, 11) is 0. The third-order valence-corrected chi connectivity index (χ3v) is 6.34. The number of amides is 2. The molecular weight excluding hydrogens is 461 g/mol. The molecule has 0 unspecified atom stereocenters. The van der Waals surface area contributed by atoms with E-state index in [0.29, 0.717) is 35.0 Å². The van der Waals surface area contributed by atoms with Crippen LogP contribution in [0.15, 0.2) is 77.4 Å². The number of benzene rings is 3. The molecule has 1 N–H and O–H groups in total. The zero-order chi connectivity index (χ0) is 22.9. The minimum absolute atomic E-state index is 0.142. The molecule has 0 bridgehead atoms. The lowest BCUT2D eigenvalue weighted by molar-refractivity contribution is 0.0986. The van der Waals surface area contributed by atoms with Gasteiger partial charge in [-0.05, 0) is 55.0 Å². The second kappa shape index (κ2) is 8.73. The SMILES string of the molecule is O=C(Nc1ccc(C(=O)N2CCc3cnoc3-c3ccccc32)cc1)c1cccc(Cl)c1Cl. The van der Waals surface area contributed by atoms with Crippen molar-refractivity contribution in [3.63, 3.8) is 0 Å². The third kappa shape index (κ3) is 3.99. The van der Waals surface area contributed by atoms with E-state index in [0.717, 1.165) is 16.8 Å². The maximum Gasteiger partial charge on any atom is 0.258 e. The van der Waals surface area contributed by atoms with Crippen molar-refractivity contribution < 1.29 is 14.1 Å². The fourth-order valence-corrected chi connectivity index (χ4v) is 4.24. The van der Waals surface area contributed by atoms with Crippen LogP contribution in [0.25, 0.3) is 11.3 Å². The maximum absolute atomic E-state index is 13.4. The quantitative estimate of drug-likeness (QED) is 0.386. The molecule has 2 heterocycles. The first-order chi connectivity index (χ1) is 16.0. The van der Waals surface area contributed by atoms with E-state index in [2.05, 4.69) is 10.5 Å². The number of carbonyl (C=O) groups excluding carboxylic acids is 2. The molecule has 0 aliphatic carbocycles. The highest BCUT2D eigenvalue weighted by molar-refractivity contribution is 6.44. The van der Waals surface area contributed by atoms with Gasteiger partial charge in [-0.1, -0.05) is 46.6 Å². The van der Waals surface area contributed by atoms with Gasteiger partial charge < -0.3 is 14.7 Å². The Morgan fingerprint density at radius 1 is 0.970 bits per heavy atom. The number of fused-ring (bicyclic) bond motifs is 3. The van der Waals surface area contributed by atoms with Crippen LogP contribution in [0.4, 0.5) is 11.4 Å². The molecular formula is C25H17Cl2N3O3. The van der Waals surface area contributed by atoms with E-state index in [9.17, 15) is 9.59 Å². The largest absolute Gasteiger partial charge is 0.356 e. The van der Waals surface area contributed by atoms with Crippen LogP contribution in [0.2, 0.25) is 10.0 Å². The lowest BCUT2D eigenvalue weighted by Crippen LogP contribution is -2.32. The molecule has 0 atom stereocenters. The molecule has 1 aromatic heterocycles. The van der Waals surface area contributed by atoms with E-state index < -0.39 is 0 Å². The lowest BCUT2D eigenvalue weighted by atomic mass is 10.1. The highest BCUT2D eigenvalue weighted by Crippen LogP contribution is 2.37. The number of nitrogens with zero attached hydrogens (tertiary/aromatic N) is 2. The Hall–Kier alpha value is -3.61. The van der Waals surface area contributed by atoms with E-state index in [4.69, 9.17) is 27.7 Å². The van der Waals surface area contributed by atoms with Gasteiger partial charge in [-0.15, -0.1) is 0 Å². The van der Waals surface area contributed by atoms with Gasteiger partial charge in [-0.3, -0.25) is 9.59 Å². The number of anilines is 2. The molecule has 0 spiro atoms. The summed E-state index contributed by atoms with van der Waals surface area (Å²) in [5, 5.41) is 7.19. The molecule has 6 nitrogen and oxygen atoms in total. The number of aromatic nitrogens is 1. The number of hydrogen-bond acceptors (Lipinski definition) is 4. The topological polar surface area (TPSA) is 75.4 Å². The van der Waals surface area contributed by atoms with Gasteiger partial charge in [0.1, 0.15) is 0 Å². The molecule has 0 fully saturated rings. The number of halogens is 2. The summed E-state index contributed by atoms with van der Waals surface area (Å²) in [4.78, 5) is 27.7. The van der Waals surface area contributed by atoms with Gasteiger partial charge in [0.2, 0.25) is 0 Å². The second-order valence-electron chi connectivity index (χ2n) is 7.54. The van der Waals surface area contributed by atoms with Crippen LogP contribution in [-0.4, -0.2) is 23.5 Å². The van der Waals surface area contributed by atoms with Crippen molar-refractivity contribution in [2.75, 3.05) is 16.8 Å². The number of hydrogen-bond donors (Lipinski definition) is 1. The Balaban J connectivity index is 1.37. The summed E-state index contributed by atoms with van der Waals surface area (Å²) < 4.78 is 5.46. The van der Waals surface area contributed by atoms with E-state index in [1.54, 1.807) is 53.6 Å². The first kappa shape index (κ1) is 21.2. The summed E-state index contributed by atoms with van der Waals surface area (Å²) in [6, 6.07) is 19.2. The zero-order valence-corrected chi connectivity index (χ0v) is 18.7. The molecule has 2 amide bonds. The van der Waals surface area contributed by atoms with E-state index in [1.807, 2.05) is 24.3 Å². The minimum Gasteiger partial charge on any atom is -0.356 e. The van der Waals surface area contributed by atoms with Crippen molar-refractivity contribution in [1.82, 2.24) is 5.16 Å². The Labute approximate surface area is 199 Å². The maximum atomic E-state index is 13.4. The molecule has 1 aliphatic heterocycles. The summed E-state index contributed by atoms with van der Waals surface area (Å²) in [6.45, 7) is 0.496. The molecule has 0 saturated heterocycles. The summed E-state index contributed by atoms with van der Waals surface area (Å²) in [5.41, 5.74) is 3.88. The Bertz CT molecular complexity index is 1370. The van der Waals surface area contributed by atoms with Gasteiger partial charge in [-0.2, -0.15) is 0 Å². The Kier molecular flexibility index (Phi) is 5.62. The van der Waals surface area contributed by atoms with Crippen LogP contribution in [-0.2, 0) is 6.42 Å². The Morgan fingerprint density at radius 3 is 2.58 bits per heavy atom. The van der Waals surface area contributed by atoms with Crippen molar-refractivity contribution in [3.05, 3.63) is 99.7 Å². The summed E-state index contributed by atoms with van der Waals surface area (Å²) >= 11 is 12.1. The summed E-state index contributed by atoms with van der Waals surface area (Å²) in [5.74, 6) is 0.167. The van der Waals surface area contributed by atoms with Gasteiger partial charge in [-0.25, -0.2) is 0 Å². The highest BCUT2D eigenvalue weighted by atomic mass is 35.5. The first-order valence-electron chi connectivity index (χ1n) is 10.2. The van der Waals surface area contributed by atoms with Crippen LogP contribution in [0, 0.1) is 0 Å². The van der Waals surface area contributed by atoms with Crippen LogP contribution < -0.4 is 10.2 Å². The van der Waals surface area contributed by atoms with Crippen molar-refractivity contribution in [3.8, 4) is 11.3 Å². The van der Waals surface area contributed by atoms with Gasteiger partial charge in [0.05, 0.1) is 27.5 Å². The monoisotopic (exact) mass is 477 g/mol. The molecule has 3 aromatic carbocycles. The molecule has 0 radical (unpaired) electrons. The van der Waals surface area contributed by atoms with Crippen molar-refractivity contribution >= 4 is 46.4 Å². The van der Waals surface area contributed by atoms with E-state index in [-0.39, 0.29) is 22.4 Å². The molecule has 164 valence electrons. The van der Waals surface area contributed by atoms with Crippen LogP contribution in [0.1, 0.15) is 26.3 Å². The smallest absolute Gasteiger partial charge is 0.258 e. The van der Waals surface area contributed by atoms with Crippen LogP contribution >= 0.6 is 23.2 Å². The number of para-hydroxylation sites is 1. The third-order valence-electron chi connectivity index (χ3n) is 5.52. The molecule has 8 heteroatoms. The van der Waals surface area contributed by atoms with Crippen molar-refractivity contribution in [1.29, 1.82) is 0 Å². The van der Waals surface area contributed by atoms with Crippen molar-refractivity contribution in [2.24, 2.45) is 0 Å². The predicted octanol–water partition coefficient (Wildman–Crippen LogP) is 6.10. The standard InChI is InChI=1S/C25H17Cl2N3O3/c26-20-6-3-5-19(22(20)27)24(31)29-17-10-8-15(9-11-17)25(32)30-13-12-16-14-28-33-23(16)18-4-1-2-7-21(18)30/h1-11,14H,12-13H2,(H,29,31). The molecule has 4 aromatic rings. The fourth-order valence-electron chi connectivity index (χ4n) is 3.85. The lowest BCUT2D eigenvalue weighted by Gasteiger charge is -2.23. The van der Waals surface area contributed by atoms with E-state index >= 15 is 0 Å². The summed E-state index contributed by atoms with van der Waals surface area (Å²) in [6.07, 6.45) is 2.33. The molecule has 1 aliphatic rings. The molecule has 33 heavy (non-hydrogen) atoms. The second-order valence-corrected chi connectivity index (χ2v) is 8.32. The van der Waals surface area contributed by atoms with Crippen LogP contribution in [0.3, 0.4) is 0 Å². The van der Waals surface area contributed by atoms with E-state index in [1.165, 1.54) is 0 Å². The fraction of sp³-hybridized carbons (Fsp3) is 0.0800. The Morgan fingerprint density at radius 2 is 1.76 bits per heavy atom. The van der Waals surface area contributed by atoms with Gasteiger partial charge >= 0.3 is 0 Å². The zero-order valence-electron chi connectivity index (χ0n) is 17.2. The van der Waals surface area contributed by atoms with Gasteiger partial charge in [0.25, 0.3) is 11.8 Å². The first-order valence-corrected chi connectivity index (χ1v) is 11.0. The van der Waals surface area contributed by atoms with Gasteiger partial charge in [0.15, 0.2) is 5.76 Å². The average Bonchev–Trinajstić information content (AvgIpc) is 3.24. The number of rotatable bonds is 3. The molecule has 5 rings (SSSR count). The highest BCUT2D eigenvalue weighted by Gasteiger charge is 2.27. The minimum atomic E-state index is -0.384. The normalized spacial score (nSPS) is 12.5. The number of nitrogens with one attached hydrogen (secondary N) is 1. The average molecular weight is 478 g/mol.